The highest BCUT2D eigenvalue weighted by Crippen LogP contribution is 2.29. The predicted molar refractivity (Wildman–Crippen MR) is 106 cm³/mol. The smallest absolute Gasteiger partial charge is 0.273 e. The zero-order chi connectivity index (χ0) is 18.8. The summed E-state index contributed by atoms with van der Waals surface area (Å²) >= 11 is 1.49. The van der Waals surface area contributed by atoms with Crippen molar-refractivity contribution in [2.45, 2.75) is 6.92 Å². The van der Waals surface area contributed by atoms with E-state index in [-0.39, 0.29) is 5.91 Å². The number of carbonyl (C=O) groups excluding carboxylic acids is 1. The van der Waals surface area contributed by atoms with E-state index in [0.717, 1.165) is 34.4 Å². The van der Waals surface area contributed by atoms with Gasteiger partial charge in [-0.05, 0) is 31.2 Å². The average Bonchev–Trinajstić information content (AvgIpc) is 3.37. The first-order valence-corrected chi connectivity index (χ1v) is 9.67. The number of piperazine rings is 1. The third kappa shape index (κ3) is 3.55. The van der Waals surface area contributed by atoms with Gasteiger partial charge in [0.2, 0.25) is 0 Å². The highest BCUT2D eigenvalue weighted by molar-refractivity contribution is 7.15. The van der Waals surface area contributed by atoms with Gasteiger partial charge in [-0.25, -0.2) is 4.98 Å². The van der Waals surface area contributed by atoms with Crippen molar-refractivity contribution in [1.29, 1.82) is 0 Å². The fourth-order valence-electron chi connectivity index (χ4n) is 3.23. The van der Waals surface area contributed by atoms with Crippen LogP contribution in [0.3, 0.4) is 0 Å². The summed E-state index contributed by atoms with van der Waals surface area (Å²) in [6.07, 6.45) is 1.62. The van der Waals surface area contributed by atoms with Gasteiger partial charge in [-0.3, -0.25) is 4.79 Å². The molecule has 1 amide bonds. The molecule has 0 aliphatic carbocycles. The zero-order valence-corrected chi connectivity index (χ0v) is 16.2. The Balaban J connectivity index is 1.44. The van der Waals surface area contributed by atoms with E-state index in [0.29, 0.717) is 24.5 Å². The van der Waals surface area contributed by atoms with Crippen LogP contribution in [0.4, 0.5) is 5.69 Å². The van der Waals surface area contributed by atoms with Gasteiger partial charge < -0.3 is 19.0 Å². The van der Waals surface area contributed by atoms with Crippen LogP contribution in [-0.2, 0) is 0 Å². The van der Waals surface area contributed by atoms with E-state index in [4.69, 9.17) is 9.15 Å². The van der Waals surface area contributed by atoms with Crippen LogP contribution < -0.4 is 9.64 Å². The molecule has 6 nitrogen and oxygen atoms in total. The van der Waals surface area contributed by atoms with E-state index in [1.165, 1.54) is 11.3 Å². The van der Waals surface area contributed by atoms with E-state index >= 15 is 0 Å². The number of ether oxygens (including phenoxy) is 1. The SMILES string of the molecule is COc1cccc(N2CCN(C(=O)c3nc(-c4ccco4)sc3C)CC2)c1. The van der Waals surface area contributed by atoms with E-state index < -0.39 is 0 Å². The van der Waals surface area contributed by atoms with Gasteiger partial charge in [0.25, 0.3) is 5.91 Å². The Kier molecular flexibility index (Phi) is 4.85. The van der Waals surface area contributed by atoms with Crippen molar-refractivity contribution in [2.75, 3.05) is 38.2 Å². The Hall–Kier alpha value is -2.80. The number of anilines is 1. The maximum atomic E-state index is 12.9. The van der Waals surface area contributed by atoms with Crippen LogP contribution in [0.5, 0.6) is 5.75 Å². The highest BCUT2D eigenvalue weighted by Gasteiger charge is 2.26. The molecule has 0 saturated carbocycles. The Morgan fingerprint density at radius 1 is 1.19 bits per heavy atom. The predicted octanol–water partition coefficient (Wildman–Crippen LogP) is 3.68. The fraction of sp³-hybridized carbons (Fsp3) is 0.300. The molecule has 1 aliphatic rings. The molecule has 0 N–H and O–H groups in total. The van der Waals surface area contributed by atoms with Crippen LogP contribution in [-0.4, -0.2) is 49.1 Å². The minimum atomic E-state index is -0.00755. The minimum absolute atomic E-state index is 0.00755. The summed E-state index contributed by atoms with van der Waals surface area (Å²) in [4.78, 5) is 22.5. The number of rotatable bonds is 4. The second kappa shape index (κ2) is 7.44. The second-order valence-corrected chi connectivity index (χ2v) is 7.59. The Morgan fingerprint density at radius 3 is 2.70 bits per heavy atom. The molecule has 0 atom stereocenters. The van der Waals surface area contributed by atoms with Crippen molar-refractivity contribution in [3.05, 3.63) is 53.2 Å². The monoisotopic (exact) mass is 383 g/mol. The van der Waals surface area contributed by atoms with Crippen molar-refractivity contribution in [2.24, 2.45) is 0 Å². The fourth-order valence-corrected chi connectivity index (χ4v) is 4.10. The number of hydrogen-bond donors (Lipinski definition) is 0. The van der Waals surface area contributed by atoms with Crippen LogP contribution in [0.15, 0.2) is 47.1 Å². The van der Waals surface area contributed by atoms with Gasteiger partial charge in [0.15, 0.2) is 10.8 Å². The first-order valence-electron chi connectivity index (χ1n) is 8.85. The molecule has 1 aromatic carbocycles. The van der Waals surface area contributed by atoms with Crippen molar-refractivity contribution in [1.82, 2.24) is 9.88 Å². The maximum absolute atomic E-state index is 12.9. The molecule has 27 heavy (non-hydrogen) atoms. The lowest BCUT2D eigenvalue weighted by atomic mass is 10.2. The summed E-state index contributed by atoms with van der Waals surface area (Å²) < 4.78 is 10.7. The number of amides is 1. The van der Waals surface area contributed by atoms with Gasteiger partial charge in [-0.1, -0.05) is 6.07 Å². The third-order valence-electron chi connectivity index (χ3n) is 4.72. The summed E-state index contributed by atoms with van der Waals surface area (Å²) in [7, 11) is 1.67. The number of aryl methyl sites for hydroxylation is 1. The normalized spacial score (nSPS) is 14.4. The topological polar surface area (TPSA) is 58.8 Å². The standard InChI is InChI=1S/C20H21N3O3S/c1-14-18(21-19(27-14)17-7-4-12-26-17)20(24)23-10-8-22(9-11-23)15-5-3-6-16(13-15)25-2/h3-7,12-13H,8-11H2,1-2H3. The number of thiazole rings is 1. The summed E-state index contributed by atoms with van der Waals surface area (Å²) in [5, 5.41) is 0.746. The minimum Gasteiger partial charge on any atom is -0.497 e. The van der Waals surface area contributed by atoms with E-state index in [9.17, 15) is 4.79 Å². The van der Waals surface area contributed by atoms with Crippen LogP contribution in [0.25, 0.3) is 10.8 Å². The Labute approximate surface area is 162 Å². The molecule has 2 aromatic heterocycles. The molecular weight excluding hydrogens is 362 g/mol. The number of methoxy groups -OCH3 is 1. The van der Waals surface area contributed by atoms with Crippen molar-refractivity contribution in [3.8, 4) is 16.5 Å². The first kappa shape index (κ1) is 17.6. The number of hydrogen-bond acceptors (Lipinski definition) is 6. The zero-order valence-electron chi connectivity index (χ0n) is 15.3. The number of furan rings is 1. The van der Waals surface area contributed by atoms with Gasteiger partial charge in [0.1, 0.15) is 11.4 Å². The number of benzene rings is 1. The Morgan fingerprint density at radius 2 is 2.00 bits per heavy atom. The molecule has 0 radical (unpaired) electrons. The molecule has 1 saturated heterocycles. The first-order chi connectivity index (χ1) is 13.2. The van der Waals surface area contributed by atoms with Crippen molar-refractivity contribution >= 4 is 22.9 Å². The average molecular weight is 383 g/mol. The molecule has 3 heterocycles. The van der Waals surface area contributed by atoms with E-state index in [1.807, 2.05) is 42.2 Å². The molecule has 1 fully saturated rings. The summed E-state index contributed by atoms with van der Waals surface area (Å²) in [6, 6.07) is 11.7. The largest absolute Gasteiger partial charge is 0.497 e. The summed E-state index contributed by atoms with van der Waals surface area (Å²) in [5.41, 5.74) is 1.65. The Bertz CT molecular complexity index is 928. The molecule has 0 spiro atoms. The van der Waals surface area contributed by atoms with E-state index in [1.54, 1.807) is 13.4 Å². The number of carbonyl (C=O) groups is 1. The molecule has 1 aliphatic heterocycles. The van der Waals surface area contributed by atoms with Crippen LogP contribution >= 0.6 is 11.3 Å². The van der Waals surface area contributed by atoms with Gasteiger partial charge >= 0.3 is 0 Å². The van der Waals surface area contributed by atoms with Crippen LogP contribution in [0, 0.1) is 6.92 Å². The number of nitrogens with zero attached hydrogens (tertiary/aromatic N) is 3. The third-order valence-corrected chi connectivity index (χ3v) is 5.70. The second-order valence-electron chi connectivity index (χ2n) is 6.38. The molecule has 0 unspecified atom stereocenters. The lowest BCUT2D eigenvalue weighted by Crippen LogP contribution is -2.49. The van der Waals surface area contributed by atoms with Gasteiger partial charge in [-0.15, -0.1) is 11.3 Å². The van der Waals surface area contributed by atoms with Gasteiger partial charge in [0, 0.05) is 42.8 Å². The molecular formula is C20H21N3O3S. The maximum Gasteiger partial charge on any atom is 0.273 e. The molecule has 140 valence electrons. The lowest BCUT2D eigenvalue weighted by molar-refractivity contribution is 0.0741. The molecule has 0 bridgehead atoms. The molecule has 7 heteroatoms. The molecule has 3 aromatic rings. The summed E-state index contributed by atoms with van der Waals surface area (Å²) in [6.45, 7) is 4.84. The summed E-state index contributed by atoms with van der Waals surface area (Å²) in [5.74, 6) is 1.53. The lowest BCUT2D eigenvalue weighted by Gasteiger charge is -2.36. The van der Waals surface area contributed by atoms with Gasteiger partial charge in [0.05, 0.1) is 13.4 Å². The van der Waals surface area contributed by atoms with Crippen molar-refractivity contribution in [3.63, 3.8) is 0 Å². The van der Waals surface area contributed by atoms with E-state index in [2.05, 4.69) is 16.0 Å². The molecule has 4 rings (SSSR count). The van der Waals surface area contributed by atoms with Crippen molar-refractivity contribution < 1.29 is 13.9 Å². The number of aromatic nitrogens is 1. The van der Waals surface area contributed by atoms with Gasteiger partial charge in [-0.2, -0.15) is 0 Å². The van der Waals surface area contributed by atoms with Crippen LogP contribution in [0.2, 0.25) is 0 Å². The van der Waals surface area contributed by atoms with Crippen LogP contribution in [0.1, 0.15) is 15.4 Å². The quantitative estimate of drug-likeness (QED) is 0.688. The highest BCUT2D eigenvalue weighted by atomic mass is 32.1.